The topological polar surface area (TPSA) is 107 Å². The number of methoxy groups -OCH3 is 1. The van der Waals surface area contributed by atoms with Gasteiger partial charge in [-0.15, -0.1) is 0 Å². The third-order valence-corrected chi connectivity index (χ3v) is 4.07. The molecule has 0 unspecified atom stereocenters. The fourth-order valence-corrected chi connectivity index (χ4v) is 2.75. The van der Waals surface area contributed by atoms with Crippen molar-refractivity contribution in [2.45, 2.75) is 18.6 Å². The lowest BCUT2D eigenvalue weighted by Gasteiger charge is -2.33. The lowest BCUT2D eigenvalue weighted by molar-refractivity contribution is -0.147. The number of nitrogens with one attached hydrogen (secondary N) is 1. The Kier molecular flexibility index (Phi) is 5.13. The van der Waals surface area contributed by atoms with Crippen LogP contribution < -0.4 is 10.1 Å². The van der Waals surface area contributed by atoms with E-state index in [9.17, 15) is 14.4 Å². The van der Waals surface area contributed by atoms with E-state index >= 15 is 0 Å². The number of hydrogen-bond acceptors (Lipinski definition) is 7. The smallest absolute Gasteiger partial charge is 0.330 e. The molecule has 134 valence electrons. The van der Waals surface area contributed by atoms with Crippen molar-refractivity contribution in [3.63, 3.8) is 0 Å². The molecule has 0 aromatic carbocycles. The average molecular weight is 349 g/mol. The molecule has 25 heavy (non-hydrogen) atoms. The zero-order valence-electron chi connectivity index (χ0n) is 13.8. The number of nitrogens with zero attached hydrogens (tertiary/aromatic N) is 2. The molecule has 2 saturated heterocycles. The van der Waals surface area contributed by atoms with Crippen molar-refractivity contribution in [2.75, 3.05) is 33.4 Å². The van der Waals surface area contributed by atoms with Crippen LogP contribution in [0.4, 0.5) is 0 Å². The maximum Gasteiger partial charge on any atom is 0.330 e. The summed E-state index contributed by atoms with van der Waals surface area (Å²) >= 11 is 0. The van der Waals surface area contributed by atoms with E-state index in [0.29, 0.717) is 19.1 Å². The number of piperazine rings is 1. The van der Waals surface area contributed by atoms with Crippen LogP contribution in [0.5, 0.6) is 5.88 Å². The third kappa shape index (κ3) is 3.87. The highest BCUT2D eigenvalue weighted by atomic mass is 16.5. The van der Waals surface area contributed by atoms with Crippen molar-refractivity contribution in [1.82, 2.24) is 15.2 Å². The number of esters is 1. The summed E-state index contributed by atoms with van der Waals surface area (Å²) in [4.78, 5) is 41.6. The fraction of sp³-hybridized carbons (Fsp3) is 0.500. The van der Waals surface area contributed by atoms with Gasteiger partial charge in [-0.05, 0) is 6.07 Å². The van der Waals surface area contributed by atoms with E-state index < -0.39 is 17.9 Å². The SMILES string of the molecule is COC(=O)[C@H]1CNC(=O)CN1C(=O)c1ccnc(O[C@H]2CCOC2)c1. The molecule has 2 aliphatic heterocycles. The number of rotatable bonds is 4. The minimum absolute atomic E-state index is 0.0189. The van der Waals surface area contributed by atoms with E-state index in [4.69, 9.17) is 14.2 Å². The molecule has 0 saturated carbocycles. The number of ether oxygens (including phenoxy) is 3. The number of aromatic nitrogens is 1. The monoisotopic (exact) mass is 349 g/mol. The molecule has 3 heterocycles. The number of hydrogen-bond donors (Lipinski definition) is 1. The maximum absolute atomic E-state index is 12.8. The molecule has 2 aliphatic rings. The molecular weight excluding hydrogens is 330 g/mol. The summed E-state index contributed by atoms with van der Waals surface area (Å²) < 4.78 is 15.7. The molecule has 2 fully saturated rings. The molecule has 1 aromatic rings. The lowest BCUT2D eigenvalue weighted by atomic mass is 10.1. The van der Waals surface area contributed by atoms with Crippen molar-refractivity contribution < 1.29 is 28.6 Å². The van der Waals surface area contributed by atoms with Crippen molar-refractivity contribution >= 4 is 17.8 Å². The predicted molar refractivity (Wildman–Crippen MR) is 83.9 cm³/mol. The van der Waals surface area contributed by atoms with Gasteiger partial charge < -0.3 is 24.4 Å². The Labute approximate surface area is 144 Å². The van der Waals surface area contributed by atoms with Gasteiger partial charge in [-0.25, -0.2) is 9.78 Å². The summed E-state index contributed by atoms with van der Waals surface area (Å²) in [5, 5.41) is 2.56. The van der Waals surface area contributed by atoms with Crippen LogP contribution >= 0.6 is 0 Å². The highest BCUT2D eigenvalue weighted by molar-refractivity contribution is 6.00. The van der Waals surface area contributed by atoms with Crippen molar-refractivity contribution in [3.05, 3.63) is 23.9 Å². The summed E-state index contributed by atoms with van der Waals surface area (Å²) in [5.74, 6) is -1.07. The number of pyridine rings is 1. The second-order valence-corrected chi connectivity index (χ2v) is 5.76. The molecule has 0 bridgehead atoms. The first-order chi connectivity index (χ1) is 12.1. The van der Waals surface area contributed by atoms with Crippen LogP contribution in [0.15, 0.2) is 18.3 Å². The largest absolute Gasteiger partial charge is 0.472 e. The van der Waals surface area contributed by atoms with Gasteiger partial charge >= 0.3 is 5.97 Å². The van der Waals surface area contributed by atoms with Crippen LogP contribution in [0.25, 0.3) is 0 Å². The molecule has 2 amide bonds. The summed E-state index contributed by atoms with van der Waals surface area (Å²) in [7, 11) is 1.24. The molecule has 1 aromatic heterocycles. The molecule has 1 N–H and O–H groups in total. The van der Waals surface area contributed by atoms with E-state index in [1.165, 1.54) is 30.3 Å². The number of amides is 2. The molecule has 9 nitrogen and oxygen atoms in total. The Bertz CT molecular complexity index is 674. The van der Waals surface area contributed by atoms with E-state index in [0.717, 1.165) is 6.42 Å². The quantitative estimate of drug-likeness (QED) is 0.721. The van der Waals surface area contributed by atoms with Gasteiger partial charge in [-0.1, -0.05) is 0 Å². The summed E-state index contributed by atoms with van der Waals surface area (Å²) in [5.41, 5.74) is 0.285. The Balaban J connectivity index is 1.78. The van der Waals surface area contributed by atoms with E-state index in [2.05, 4.69) is 10.3 Å². The predicted octanol–water partition coefficient (Wildman–Crippen LogP) is -0.637. The highest BCUT2D eigenvalue weighted by Crippen LogP contribution is 2.18. The van der Waals surface area contributed by atoms with Gasteiger partial charge in [0, 0.05) is 30.8 Å². The standard InChI is InChI=1S/C16H19N3O6/c1-23-16(22)12-7-18-13(20)8-19(12)15(21)10-2-4-17-14(6-10)25-11-3-5-24-9-11/h2,4,6,11-12H,3,5,7-9H2,1H3,(H,18,20)/t11-,12+/m0/s1. The van der Waals surface area contributed by atoms with Crippen molar-refractivity contribution in [1.29, 1.82) is 0 Å². The first kappa shape index (κ1) is 17.2. The van der Waals surface area contributed by atoms with Crippen LogP contribution in [-0.2, 0) is 19.1 Å². The number of carbonyl (C=O) groups is 3. The normalized spacial score (nSPS) is 23.1. The van der Waals surface area contributed by atoms with Crippen LogP contribution in [-0.4, -0.2) is 73.2 Å². The van der Waals surface area contributed by atoms with Gasteiger partial charge in [0.25, 0.3) is 5.91 Å². The van der Waals surface area contributed by atoms with Crippen LogP contribution in [0, 0.1) is 0 Å². The van der Waals surface area contributed by atoms with E-state index in [-0.39, 0.29) is 30.7 Å². The maximum atomic E-state index is 12.8. The third-order valence-electron chi connectivity index (χ3n) is 4.07. The lowest BCUT2D eigenvalue weighted by Crippen LogP contribution is -2.59. The Morgan fingerprint density at radius 3 is 3.00 bits per heavy atom. The fourth-order valence-electron chi connectivity index (χ4n) is 2.75. The minimum atomic E-state index is -0.865. The molecule has 3 rings (SSSR count). The van der Waals surface area contributed by atoms with Gasteiger partial charge in [0.15, 0.2) is 0 Å². The molecular formula is C16H19N3O6. The Morgan fingerprint density at radius 1 is 1.44 bits per heavy atom. The first-order valence-electron chi connectivity index (χ1n) is 7.94. The van der Waals surface area contributed by atoms with Crippen LogP contribution in [0.1, 0.15) is 16.8 Å². The average Bonchev–Trinajstić information content (AvgIpc) is 3.13. The summed E-state index contributed by atoms with van der Waals surface area (Å²) in [6.45, 7) is 0.919. The van der Waals surface area contributed by atoms with Gasteiger partial charge in [0.1, 0.15) is 18.7 Å². The van der Waals surface area contributed by atoms with Gasteiger partial charge in [0.2, 0.25) is 11.8 Å². The van der Waals surface area contributed by atoms with Crippen LogP contribution in [0.2, 0.25) is 0 Å². The molecule has 0 aliphatic carbocycles. The minimum Gasteiger partial charge on any atom is -0.472 e. The van der Waals surface area contributed by atoms with Gasteiger partial charge in [-0.2, -0.15) is 0 Å². The van der Waals surface area contributed by atoms with E-state index in [1.54, 1.807) is 0 Å². The van der Waals surface area contributed by atoms with Crippen molar-refractivity contribution in [3.8, 4) is 5.88 Å². The second-order valence-electron chi connectivity index (χ2n) is 5.76. The van der Waals surface area contributed by atoms with Gasteiger partial charge in [0.05, 0.1) is 20.3 Å². The van der Waals surface area contributed by atoms with E-state index in [1.807, 2.05) is 0 Å². The van der Waals surface area contributed by atoms with Crippen LogP contribution in [0.3, 0.4) is 0 Å². The molecule has 0 radical (unpaired) electrons. The number of carbonyl (C=O) groups excluding carboxylic acids is 3. The molecule has 2 atom stereocenters. The molecule has 9 heteroatoms. The zero-order valence-corrected chi connectivity index (χ0v) is 13.8. The second kappa shape index (κ2) is 7.47. The first-order valence-corrected chi connectivity index (χ1v) is 7.94. The van der Waals surface area contributed by atoms with Gasteiger partial charge in [-0.3, -0.25) is 9.59 Å². The summed E-state index contributed by atoms with van der Waals surface area (Å²) in [6, 6.07) is 2.15. The zero-order chi connectivity index (χ0) is 17.8. The Morgan fingerprint density at radius 2 is 2.28 bits per heavy atom. The molecule has 0 spiro atoms. The summed E-state index contributed by atoms with van der Waals surface area (Å²) in [6.07, 6.45) is 2.12. The Hall–Kier alpha value is -2.68. The highest BCUT2D eigenvalue weighted by Gasteiger charge is 2.36. The van der Waals surface area contributed by atoms with Crippen molar-refractivity contribution in [2.24, 2.45) is 0 Å².